The number of hydrogen-bond acceptors (Lipinski definition) is 9. The molecule has 1 aromatic rings. The van der Waals surface area contributed by atoms with Gasteiger partial charge in [-0.3, -0.25) is 28.8 Å². The van der Waals surface area contributed by atoms with Crippen LogP contribution < -0.4 is 26.6 Å². The molecule has 1 aliphatic heterocycles. The number of aliphatic carboxylic acids is 1. The number of Topliss-reactive ketones (excluding diaryl/α,β-unsaturated/α-hetero) is 1. The lowest BCUT2D eigenvalue weighted by Gasteiger charge is -2.37. The zero-order valence-electron chi connectivity index (χ0n) is 34.7. The Morgan fingerprint density at radius 1 is 0.793 bits per heavy atom. The van der Waals surface area contributed by atoms with Crippen molar-refractivity contribution in [2.24, 2.45) is 23.7 Å². The number of alkyl carbamates (subject to hydrolysis) is 1. The Labute approximate surface area is 341 Å². The predicted octanol–water partition coefficient (Wildman–Crippen LogP) is 3.39. The summed E-state index contributed by atoms with van der Waals surface area (Å²) in [5, 5.41) is 22.2. The van der Waals surface area contributed by atoms with Crippen molar-refractivity contribution in [2.75, 3.05) is 26.2 Å². The summed E-state index contributed by atoms with van der Waals surface area (Å²) in [5.41, 5.74) is 0.314. The number of nitrogens with zero attached hydrogens (tertiary/aromatic N) is 1. The minimum atomic E-state index is -1.38. The van der Waals surface area contributed by atoms with E-state index >= 15 is 0 Å². The first-order chi connectivity index (χ1) is 27.6. The number of likely N-dealkylation sites (tertiary alicyclic amines) is 1. The summed E-state index contributed by atoms with van der Waals surface area (Å²) in [5.74, 6) is -5.57. The molecule has 1 saturated carbocycles. The molecule has 58 heavy (non-hydrogen) atoms. The van der Waals surface area contributed by atoms with Crippen LogP contribution in [0.5, 0.6) is 0 Å². The van der Waals surface area contributed by atoms with E-state index in [4.69, 9.17) is 4.74 Å². The molecule has 0 bridgehead atoms. The summed E-state index contributed by atoms with van der Waals surface area (Å²) in [6.07, 6.45) is 6.88. The third-order valence-corrected chi connectivity index (χ3v) is 10.5. The van der Waals surface area contributed by atoms with Crippen LogP contribution in [0, 0.1) is 23.7 Å². The van der Waals surface area contributed by atoms with Crippen molar-refractivity contribution < 1.29 is 48.2 Å². The van der Waals surface area contributed by atoms with E-state index in [-0.39, 0.29) is 43.1 Å². The summed E-state index contributed by atoms with van der Waals surface area (Å²) in [7, 11) is 0. The first kappa shape index (κ1) is 47.4. The number of ether oxygens (including phenoxy) is 1. The van der Waals surface area contributed by atoms with Crippen molar-refractivity contribution in [3.05, 3.63) is 35.9 Å². The molecule has 1 heterocycles. The van der Waals surface area contributed by atoms with E-state index in [1.165, 1.54) is 18.6 Å². The van der Waals surface area contributed by atoms with Crippen LogP contribution in [0.25, 0.3) is 0 Å². The molecule has 0 aromatic heterocycles. The number of hydrogen-bond donors (Lipinski definition) is 6. The van der Waals surface area contributed by atoms with Crippen molar-refractivity contribution in [2.45, 2.75) is 129 Å². The molecule has 16 nitrogen and oxygen atoms in total. The average Bonchev–Trinajstić information content (AvgIpc) is 3.19. The van der Waals surface area contributed by atoms with Gasteiger partial charge in [0.15, 0.2) is 6.04 Å². The van der Waals surface area contributed by atoms with Crippen molar-refractivity contribution in [3.63, 3.8) is 0 Å². The first-order valence-corrected chi connectivity index (χ1v) is 20.8. The van der Waals surface area contributed by atoms with Gasteiger partial charge in [0, 0.05) is 19.5 Å². The van der Waals surface area contributed by atoms with Crippen molar-refractivity contribution >= 4 is 47.4 Å². The van der Waals surface area contributed by atoms with Gasteiger partial charge in [-0.05, 0) is 67.8 Å². The molecule has 1 aliphatic carbocycles. The van der Waals surface area contributed by atoms with Gasteiger partial charge >= 0.3 is 12.1 Å². The van der Waals surface area contributed by atoms with E-state index in [1.54, 1.807) is 25.1 Å². The number of benzene rings is 1. The lowest BCUT2D eigenvalue weighted by Crippen LogP contribution is -2.59. The zero-order chi connectivity index (χ0) is 42.8. The number of rotatable bonds is 21. The van der Waals surface area contributed by atoms with Crippen LogP contribution in [0.15, 0.2) is 30.3 Å². The number of amides is 6. The Bertz CT molecular complexity index is 1560. The van der Waals surface area contributed by atoms with E-state index in [0.29, 0.717) is 50.3 Å². The van der Waals surface area contributed by atoms with Gasteiger partial charge in [-0.2, -0.15) is 0 Å². The van der Waals surface area contributed by atoms with Crippen molar-refractivity contribution in [1.82, 2.24) is 31.5 Å². The molecule has 1 aromatic carbocycles. The quantitative estimate of drug-likeness (QED) is 0.0992. The van der Waals surface area contributed by atoms with Gasteiger partial charge in [-0.1, -0.05) is 90.6 Å². The Kier molecular flexibility index (Phi) is 19.6. The lowest BCUT2D eigenvalue weighted by atomic mass is 9.85. The fraction of sp³-hybridized carbons (Fsp3) is 0.667. The third kappa shape index (κ3) is 15.7. The molecule has 4 atom stereocenters. The number of carboxylic acid groups (broad SMARTS) is 1. The van der Waals surface area contributed by atoms with Crippen LogP contribution in [0.3, 0.4) is 0 Å². The van der Waals surface area contributed by atoms with E-state index < -0.39 is 72.2 Å². The van der Waals surface area contributed by atoms with Crippen LogP contribution in [0.1, 0.15) is 117 Å². The number of ketones is 1. The molecule has 3 rings (SSSR count). The molecule has 6 amide bonds. The molecule has 6 N–H and O–H groups in total. The Morgan fingerprint density at radius 2 is 1.43 bits per heavy atom. The van der Waals surface area contributed by atoms with Crippen molar-refractivity contribution in [3.8, 4) is 0 Å². The molecule has 16 heteroatoms. The molecule has 0 radical (unpaired) electrons. The van der Waals surface area contributed by atoms with Gasteiger partial charge in [-0.15, -0.1) is 0 Å². The van der Waals surface area contributed by atoms with Gasteiger partial charge in [0.25, 0.3) is 5.91 Å². The van der Waals surface area contributed by atoms with Crippen LogP contribution in [-0.4, -0.2) is 102 Å². The monoisotopic (exact) mass is 812 g/mol. The molecule has 2 aliphatic rings. The van der Waals surface area contributed by atoms with Crippen LogP contribution in [0.4, 0.5) is 4.79 Å². The summed E-state index contributed by atoms with van der Waals surface area (Å²) < 4.78 is 5.35. The third-order valence-electron chi connectivity index (χ3n) is 10.5. The second kappa shape index (κ2) is 24.0. The highest BCUT2D eigenvalue weighted by Gasteiger charge is 2.37. The first-order valence-electron chi connectivity index (χ1n) is 20.8. The zero-order valence-corrected chi connectivity index (χ0v) is 34.7. The molecular weight excluding hydrogens is 748 g/mol. The summed E-state index contributed by atoms with van der Waals surface area (Å²) in [4.78, 5) is 106. The SMILES string of the molecule is CCCC(NC(=O)[C@H](CC(C)C)NC(=O)[C@@H](NC(=O)OCC(C)C)C1CCN(C(=O)CC2CCCCC2)CC1)C(=O)C(=O)NCC(=O)N[C@H](C(=O)O)c1ccccc1. The smallest absolute Gasteiger partial charge is 0.407 e. The minimum Gasteiger partial charge on any atom is -0.479 e. The number of carbonyl (C=O) groups is 8. The molecule has 1 unspecified atom stereocenters. The number of nitrogens with one attached hydrogen (secondary N) is 5. The topological polar surface area (TPSA) is 229 Å². The normalized spacial score (nSPS) is 17.0. The molecule has 322 valence electrons. The van der Waals surface area contributed by atoms with Gasteiger partial charge in [0.2, 0.25) is 29.4 Å². The highest BCUT2D eigenvalue weighted by atomic mass is 16.5. The predicted molar refractivity (Wildman–Crippen MR) is 215 cm³/mol. The van der Waals surface area contributed by atoms with Crippen LogP contribution in [0.2, 0.25) is 0 Å². The molecule has 2 fully saturated rings. The van der Waals surface area contributed by atoms with E-state index in [9.17, 15) is 43.5 Å². The maximum absolute atomic E-state index is 14.1. The molecule has 1 saturated heterocycles. The van der Waals surface area contributed by atoms with Gasteiger partial charge in [0.05, 0.1) is 19.2 Å². The molecular formula is C42H64N6O10. The fourth-order valence-electron chi connectivity index (χ4n) is 7.40. The van der Waals surface area contributed by atoms with Crippen LogP contribution in [-0.2, 0) is 38.3 Å². The standard InChI is InChI=1S/C42H64N6O10/c1-6-13-31(37(51)40(54)43-24-33(49)46-36(41(55)56)29-16-11-8-12-17-29)44-38(52)32(22-26(2)3)45-39(53)35(47-42(57)58-25-27(4)5)30-18-20-48(21-19-30)34(50)23-28-14-9-7-10-15-28/h8,11-12,16-17,26-28,30-32,35-36H,6-7,9-10,13-15,18-25H2,1-5H3,(H,43,54)(H,44,52)(H,45,53)(H,46,49)(H,47,57)(H,55,56)/t31?,32-,35-,36-/m0/s1. The maximum atomic E-state index is 14.1. The average molecular weight is 813 g/mol. The number of carbonyl (C=O) groups excluding carboxylic acids is 7. The second-order valence-corrected chi connectivity index (χ2v) is 16.4. The highest BCUT2D eigenvalue weighted by Crippen LogP contribution is 2.29. The Balaban J connectivity index is 1.67. The molecule has 0 spiro atoms. The minimum absolute atomic E-state index is 0.0532. The highest BCUT2D eigenvalue weighted by molar-refractivity contribution is 6.38. The number of piperidine rings is 1. The lowest BCUT2D eigenvalue weighted by molar-refractivity contribution is -0.142. The van der Waals surface area contributed by atoms with E-state index in [1.807, 2.05) is 32.6 Å². The van der Waals surface area contributed by atoms with E-state index in [2.05, 4.69) is 26.6 Å². The summed E-state index contributed by atoms with van der Waals surface area (Å²) in [6, 6.07) is 3.08. The van der Waals surface area contributed by atoms with Crippen LogP contribution >= 0.6 is 0 Å². The Morgan fingerprint density at radius 3 is 2.02 bits per heavy atom. The fourth-order valence-corrected chi connectivity index (χ4v) is 7.40. The number of carboxylic acids is 1. The van der Waals surface area contributed by atoms with Gasteiger partial charge < -0.3 is 41.3 Å². The maximum Gasteiger partial charge on any atom is 0.407 e. The van der Waals surface area contributed by atoms with Crippen molar-refractivity contribution in [1.29, 1.82) is 0 Å². The summed E-state index contributed by atoms with van der Waals surface area (Å²) >= 11 is 0. The van der Waals surface area contributed by atoms with Gasteiger partial charge in [0.1, 0.15) is 12.1 Å². The second-order valence-electron chi connectivity index (χ2n) is 16.4. The summed E-state index contributed by atoms with van der Waals surface area (Å²) in [6.45, 7) is 9.52. The Hall–Kier alpha value is -5.02. The van der Waals surface area contributed by atoms with Gasteiger partial charge in [-0.25, -0.2) is 9.59 Å². The largest absolute Gasteiger partial charge is 0.479 e. The van der Waals surface area contributed by atoms with E-state index in [0.717, 1.165) is 25.7 Å².